The van der Waals surface area contributed by atoms with Crippen molar-refractivity contribution in [3.8, 4) is 6.07 Å². The Morgan fingerprint density at radius 2 is 1.94 bits per heavy atom. The normalized spacial score (nSPS) is 20.6. The number of anilines is 1. The number of thioether (sulfide) groups is 1. The highest BCUT2D eigenvalue weighted by molar-refractivity contribution is 7.99. The molecule has 1 aliphatic heterocycles. The summed E-state index contributed by atoms with van der Waals surface area (Å²) >= 11 is 1.26. The van der Waals surface area contributed by atoms with Crippen LogP contribution in [-0.4, -0.2) is 50.9 Å². The standard InChI is InChI=1S/C22H30N6O3S2/c1-14-15(2)28(17-7-5-4-6-8-17)21(18(14)11-23)24-19(29)12-32-22-26-25-20(27(22)3)16-9-10-33(30,31)13-16/h16-17H,4-10,12-13H2,1-3H3,(H,24,29). The number of carbonyl (C=O) groups excluding carboxylic acids is 1. The molecule has 2 aromatic rings. The fraction of sp³-hybridized carbons (Fsp3) is 0.636. The first-order valence-corrected chi connectivity index (χ1v) is 14.2. The molecule has 1 saturated carbocycles. The highest BCUT2D eigenvalue weighted by Gasteiger charge is 2.33. The molecule has 1 amide bonds. The monoisotopic (exact) mass is 490 g/mol. The molecule has 1 N–H and O–H groups in total. The first-order valence-electron chi connectivity index (χ1n) is 11.4. The maximum atomic E-state index is 12.9. The topological polar surface area (TPSA) is 123 Å². The number of rotatable bonds is 6. The van der Waals surface area contributed by atoms with Crippen molar-refractivity contribution < 1.29 is 13.2 Å². The van der Waals surface area contributed by atoms with Crippen molar-refractivity contribution in [1.29, 1.82) is 5.26 Å². The molecule has 4 rings (SSSR count). The van der Waals surface area contributed by atoms with Gasteiger partial charge in [-0.05, 0) is 38.7 Å². The molecular formula is C22H30N6O3S2. The maximum absolute atomic E-state index is 12.9. The van der Waals surface area contributed by atoms with Gasteiger partial charge in [-0.25, -0.2) is 8.42 Å². The Bertz CT molecular complexity index is 1200. The van der Waals surface area contributed by atoms with E-state index in [4.69, 9.17) is 0 Å². The van der Waals surface area contributed by atoms with Crippen LogP contribution in [0.5, 0.6) is 0 Å². The third kappa shape index (κ3) is 4.82. The summed E-state index contributed by atoms with van der Waals surface area (Å²) in [5.41, 5.74) is 2.47. The molecule has 2 aliphatic rings. The molecular weight excluding hydrogens is 460 g/mol. The Labute approximate surface area is 198 Å². The SMILES string of the molecule is Cc1c(C#N)c(NC(=O)CSc2nnc(C3CCS(=O)(=O)C3)n2C)n(C2CCCCC2)c1C. The van der Waals surface area contributed by atoms with Gasteiger partial charge in [-0.2, -0.15) is 5.26 Å². The van der Waals surface area contributed by atoms with E-state index < -0.39 is 9.84 Å². The fourth-order valence-corrected chi connectivity index (χ4v) is 7.44. The Kier molecular flexibility index (Phi) is 6.86. The van der Waals surface area contributed by atoms with Crippen molar-refractivity contribution in [2.45, 2.75) is 69.5 Å². The maximum Gasteiger partial charge on any atom is 0.235 e. The molecule has 11 heteroatoms. The fourth-order valence-electron chi connectivity index (χ4n) is 4.99. The largest absolute Gasteiger partial charge is 0.327 e. The Balaban J connectivity index is 1.47. The summed E-state index contributed by atoms with van der Waals surface area (Å²) in [6.07, 6.45) is 6.19. The number of aromatic nitrogens is 4. The molecule has 3 heterocycles. The number of nitrogens with zero attached hydrogens (tertiary/aromatic N) is 5. The van der Waals surface area contributed by atoms with Crippen molar-refractivity contribution in [2.75, 3.05) is 22.6 Å². The van der Waals surface area contributed by atoms with Gasteiger partial charge < -0.3 is 14.5 Å². The summed E-state index contributed by atoms with van der Waals surface area (Å²) in [7, 11) is -1.21. The molecule has 2 aromatic heterocycles. The molecule has 0 bridgehead atoms. The summed E-state index contributed by atoms with van der Waals surface area (Å²) in [6.45, 7) is 3.95. The number of carbonyl (C=O) groups is 1. The highest BCUT2D eigenvalue weighted by atomic mass is 32.2. The Morgan fingerprint density at radius 1 is 1.21 bits per heavy atom. The average molecular weight is 491 g/mol. The molecule has 1 unspecified atom stereocenters. The van der Waals surface area contributed by atoms with E-state index in [1.807, 2.05) is 13.8 Å². The zero-order valence-corrected chi connectivity index (χ0v) is 20.9. The second-order valence-corrected chi connectivity index (χ2v) is 12.2. The molecule has 0 spiro atoms. The van der Waals surface area contributed by atoms with Gasteiger partial charge >= 0.3 is 0 Å². The van der Waals surface area contributed by atoms with Crippen LogP contribution < -0.4 is 5.32 Å². The summed E-state index contributed by atoms with van der Waals surface area (Å²) in [6, 6.07) is 2.57. The van der Waals surface area contributed by atoms with Gasteiger partial charge in [0, 0.05) is 24.7 Å². The lowest BCUT2D eigenvalue weighted by Gasteiger charge is -2.27. The molecule has 178 valence electrons. The minimum atomic E-state index is -3.01. The number of sulfone groups is 1. The van der Waals surface area contributed by atoms with Crippen molar-refractivity contribution in [3.63, 3.8) is 0 Å². The van der Waals surface area contributed by atoms with Crippen molar-refractivity contribution in [2.24, 2.45) is 7.05 Å². The van der Waals surface area contributed by atoms with Crippen molar-refractivity contribution in [3.05, 3.63) is 22.6 Å². The highest BCUT2D eigenvalue weighted by Crippen LogP contribution is 2.37. The summed E-state index contributed by atoms with van der Waals surface area (Å²) in [5, 5.41) is 21.7. The van der Waals surface area contributed by atoms with Gasteiger partial charge in [-0.1, -0.05) is 31.0 Å². The van der Waals surface area contributed by atoms with Crippen LogP contribution in [0.25, 0.3) is 0 Å². The van der Waals surface area contributed by atoms with Crippen LogP contribution in [0.2, 0.25) is 0 Å². The number of amides is 1. The smallest absolute Gasteiger partial charge is 0.235 e. The average Bonchev–Trinajstić information content (AvgIpc) is 3.41. The molecule has 1 saturated heterocycles. The molecule has 0 radical (unpaired) electrons. The van der Waals surface area contributed by atoms with Gasteiger partial charge in [0.25, 0.3) is 0 Å². The van der Waals surface area contributed by atoms with E-state index in [-0.39, 0.29) is 29.1 Å². The molecule has 2 fully saturated rings. The van der Waals surface area contributed by atoms with Crippen LogP contribution in [0.4, 0.5) is 5.82 Å². The van der Waals surface area contributed by atoms with E-state index in [0.717, 1.165) is 36.9 Å². The molecule has 1 aliphatic carbocycles. The van der Waals surface area contributed by atoms with Crippen LogP contribution >= 0.6 is 11.8 Å². The molecule has 9 nitrogen and oxygen atoms in total. The third-order valence-corrected chi connectivity index (χ3v) is 9.65. The van der Waals surface area contributed by atoms with Gasteiger partial charge in [0.2, 0.25) is 5.91 Å². The van der Waals surface area contributed by atoms with E-state index >= 15 is 0 Å². The first kappa shape index (κ1) is 23.8. The predicted octanol–water partition coefficient (Wildman–Crippen LogP) is 3.24. The number of nitriles is 1. The molecule has 0 aromatic carbocycles. The minimum absolute atomic E-state index is 0.0952. The van der Waals surface area contributed by atoms with Gasteiger partial charge in [0.1, 0.15) is 17.7 Å². The van der Waals surface area contributed by atoms with Gasteiger partial charge in [0.15, 0.2) is 15.0 Å². The van der Waals surface area contributed by atoms with Gasteiger partial charge in [-0.3, -0.25) is 4.79 Å². The summed E-state index contributed by atoms with van der Waals surface area (Å²) in [5.74, 6) is 1.27. The van der Waals surface area contributed by atoms with E-state index in [1.165, 1.54) is 18.2 Å². The molecule has 1 atom stereocenters. The lowest BCUT2D eigenvalue weighted by Crippen LogP contribution is -2.22. The van der Waals surface area contributed by atoms with Gasteiger partial charge in [0.05, 0.1) is 22.8 Å². The van der Waals surface area contributed by atoms with Crippen LogP contribution in [0.15, 0.2) is 5.16 Å². The van der Waals surface area contributed by atoms with Crippen LogP contribution in [0.1, 0.15) is 73.1 Å². The van der Waals surface area contributed by atoms with Crippen LogP contribution in [0, 0.1) is 25.2 Å². The summed E-state index contributed by atoms with van der Waals surface area (Å²) in [4.78, 5) is 12.9. The lowest BCUT2D eigenvalue weighted by atomic mass is 9.95. The van der Waals surface area contributed by atoms with E-state index in [9.17, 15) is 18.5 Å². The van der Waals surface area contributed by atoms with Gasteiger partial charge in [-0.15, -0.1) is 10.2 Å². The van der Waals surface area contributed by atoms with Crippen LogP contribution in [-0.2, 0) is 21.7 Å². The second kappa shape index (κ2) is 9.50. The zero-order valence-electron chi connectivity index (χ0n) is 19.3. The number of nitrogens with one attached hydrogen (secondary N) is 1. The first-order chi connectivity index (χ1) is 15.7. The lowest BCUT2D eigenvalue weighted by molar-refractivity contribution is -0.113. The van der Waals surface area contributed by atoms with E-state index in [1.54, 1.807) is 11.6 Å². The second-order valence-electron chi connectivity index (χ2n) is 9.04. The number of hydrogen-bond acceptors (Lipinski definition) is 7. The van der Waals surface area contributed by atoms with Crippen LogP contribution in [0.3, 0.4) is 0 Å². The Hall–Kier alpha value is -2.32. The third-order valence-electron chi connectivity index (χ3n) is 6.86. The van der Waals surface area contributed by atoms with E-state index in [0.29, 0.717) is 34.8 Å². The molecule has 33 heavy (non-hydrogen) atoms. The summed E-state index contributed by atoms with van der Waals surface area (Å²) < 4.78 is 27.5. The number of hydrogen-bond donors (Lipinski definition) is 1. The van der Waals surface area contributed by atoms with E-state index in [2.05, 4.69) is 26.2 Å². The zero-order chi connectivity index (χ0) is 23.8. The van der Waals surface area contributed by atoms with Crippen molar-refractivity contribution in [1.82, 2.24) is 19.3 Å². The quantitative estimate of drug-likeness (QED) is 0.617. The predicted molar refractivity (Wildman–Crippen MR) is 127 cm³/mol. The van der Waals surface area contributed by atoms with Crippen molar-refractivity contribution >= 4 is 33.3 Å². The Morgan fingerprint density at radius 3 is 2.58 bits per heavy atom. The minimum Gasteiger partial charge on any atom is -0.327 e.